The van der Waals surface area contributed by atoms with Crippen molar-refractivity contribution in [2.45, 2.75) is 341 Å². The number of unbranched alkanes of at least 4 members (excludes halogenated alkanes) is 36. The van der Waals surface area contributed by atoms with E-state index in [4.69, 9.17) is 18.9 Å². The van der Waals surface area contributed by atoms with Gasteiger partial charge in [-0.05, 0) is 83.5 Å². The molecule has 2 atom stereocenters. The first-order valence-electron chi connectivity index (χ1n) is 37.6. The molecule has 0 rings (SSSR count). The number of carbonyl (C=O) groups excluding carboxylic acids is 2. The van der Waals surface area contributed by atoms with E-state index in [0.29, 0.717) is 17.4 Å². The molecule has 2 unspecified atom stereocenters. The lowest BCUT2D eigenvalue weighted by atomic mass is 10.0. The maximum absolute atomic E-state index is 13.0. The predicted octanol–water partition coefficient (Wildman–Crippen LogP) is 23.8. The number of carboxylic acid groups (broad SMARTS) is 1. The summed E-state index contributed by atoms with van der Waals surface area (Å²) in [7, 11) is 5.98. The zero-order chi connectivity index (χ0) is 65.4. The quantitative estimate of drug-likeness (QED) is 0.0211. The van der Waals surface area contributed by atoms with Crippen LogP contribution in [0.2, 0.25) is 0 Å². The molecule has 0 bridgehead atoms. The van der Waals surface area contributed by atoms with Crippen LogP contribution < -0.4 is 0 Å². The zero-order valence-corrected chi connectivity index (χ0v) is 59.3. The van der Waals surface area contributed by atoms with Crippen molar-refractivity contribution in [3.63, 3.8) is 0 Å². The Labute approximate surface area is 555 Å². The number of nitrogens with zero attached hydrogens (tertiary/aromatic N) is 1. The molecule has 0 aromatic carbocycles. The number of hydrogen-bond acceptors (Lipinski definition) is 7. The third-order valence-electron chi connectivity index (χ3n) is 16.3. The number of carbonyl (C=O) groups is 3. The van der Waals surface area contributed by atoms with Crippen LogP contribution in [0.25, 0.3) is 0 Å². The fraction of sp³-hybridized carbons (Fsp3) is 0.741. The highest BCUT2D eigenvalue weighted by atomic mass is 16.7. The van der Waals surface area contributed by atoms with E-state index in [0.717, 1.165) is 103 Å². The highest BCUT2D eigenvalue weighted by molar-refractivity contribution is 5.71. The minimum atomic E-state index is -1.51. The van der Waals surface area contributed by atoms with Crippen LogP contribution in [0.4, 0.5) is 0 Å². The summed E-state index contributed by atoms with van der Waals surface area (Å²) in [4.78, 5) is 37.7. The van der Waals surface area contributed by atoms with E-state index in [-0.39, 0.29) is 32.2 Å². The molecule has 1 N–H and O–H groups in total. The van der Waals surface area contributed by atoms with E-state index in [9.17, 15) is 19.5 Å². The standard InChI is InChI=1S/C81H141NO8/c1-6-8-10-12-14-16-18-20-22-24-26-28-30-32-33-34-35-36-37-38-39-40-41-42-43-44-45-46-47-48-50-52-54-56-58-60-62-64-66-68-70-72-79(84)90-77(76-89-81(80(85)86)87-74-73-82(3,4)5)75-88-78(83)71-69-67-65-63-61-59-57-55-53-51-49-31-29-27-25-23-21-19-17-15-13-11-9-7-2/h8,10,14,16,20,22,26,28,32-33,35-36,38-39,41-42,44-45,77,81H,6-7,9,11-13,15,17-19,21,23-25,27,29-31,34,37,40,43,46-76H2,1-5H3/p+1/b10-8-,16-14-,22-20-,28-26-,33-32-,36-35-,39-38-,42-41-,45-44-. The normalized spacial score (nSPS) is 13.3. The van der Waals surface area contributed by atoms with E-state index in [1.54, 1.807) is 0 Å². The molecule has 518 valence electrons. The lowest BCUT2D eigenvalue weighted by Crippen LogP contribution is -2.40. The first-order chi connectivity index (χ1) is 44.1. The maximum atomic E-state index is 13.0. The van der Waals surface area contributed by atoms with Gasteiger partial charge in [0.25, 0.3) is 6.29 Å². The highest BCUT2D eigenvalue weighted by Gasteiger charge is 2.25. The van der Waals surface area contributed by atoms with Gasteiger partial charge in [0.15, 0.2) is 6.10 Å². The summed E-state index contributed by atoms with van der Waals surface area (Å²) < 4.78 is 23.0. The molecular weight excluding hydrogens is 1110 g/mol. The molecule has 0 radical (unpaired) electrons. The van der Waals surface area contributed by atoms with Crippen LogP contribution in [-0.4, -0.2) is 87.4 Å². The van der Waals surface area contributed by atoms with Crippen LogP contribution in [-0.2, 0) is 33.3 Å². The van der Waals surface area contributed by atoms with Gasteiger partial charge in [-0.1, -0.05) is 342 Å². The van der Waals surface area contributed by atoms with Crippen LogP contribution in [0.3, 0.4) is 0 Å². The molecule has 0 aliphatic carbocycles. The predicted molar refractivity (Wildman–Crippen MR) is 387 cm³/mol. The van der Waals surface area contributed by atoms with Gasteiger partial charge >= 0.3 is 17.9 Å². The van der Waals surface area contributed by atoms with Gasteiger partial charge in [-0.25, -0.2) is 4.79 Å². The highest BCUT2D eigenvalue weighted by Crippen LogP contribution is 2.18. The van der Waals surface area contributed by atoms with Crippen LogP contribution >= 0.6 is 0 Å². The van der Waals surface area contributed by atoms with E-state index in [2.05, 4.69) is 123 Å². The molecule has 0 aliphatic heterocycles. The van der Waals surface area contributed by atoms with E-state index in [1.165, 1.54) is 199 Å². The van der Waals surface area contributed by atoms with Gasteiger partial charge < -0.3 is 28.5 Å². The van der Waals surface area contributed by atoms with Crippen molar-refractivity contribution in [3.8, 4) is 0 Å². The Bertz CT molecular complexity index is 1850. The number of aliphatic carboxylic acids is 1. The van der Waals surface area contributed by atoms with Gasteiger partial charge in [-0.2, -0.15) is 0 Å². The summed E-state index contributed by atoms with van der Waals surface area (Å²) in [5.41, 5.74) is 0. The molecule has 0 aromatic rings. The second-order valence-electron chi connectivity index (χ2n) is 26.2. The van der Waals surface area contributed by atoms with Gasteiger partial charge in [-0.3, -0.25) is 9.59 Å². The van der Waals surface area contributed by atoms with Crippen LogP contribution in [0, 0.1) is 0 Å². The summed E-state index contributed by atoms with van der Waals surface area (Å²) in [5, 5.41) is 9.76. The Hall–Kier alpha value is -4.05. The summed E-state index contributed by atoms with van der Waals surface area (Å²) in [6.45, 7) is 4.80. The topological polar surface area (TPSA) is 108 Å². The van der Waals surface area contributed by atoms with Crippen molar-refractivity contribution >= 4 is 17.9 Å². The first-order valence-corrected chi connectivity index (χ1v) is 37.6. The molecular formula is C81H142NO8+. The molecule has 0 aromatic heterocycles. The molecule has 0 fully saturated rings. The number of esters is 2. The number of allylic oxidation sites excluding steroid dienone is 18. The van der Waals surface area contributed by atoms with Crippen molar-refractivity contribution in [2.75, 3.05) is 47.5 Å². The lowest BCUT2D eigenvalue weighted by Gasteiger charge is -2.25. The number of quaternary nitrogens is 1. The minimum Gasteiger partial charge on any atom is -0.477 e. The Balaban J connectivity index is 4.07. The van der Waals surface area contributed by atoms with Crippen LogP contribution in [0.15, 0.2) is 109 Å². The Morgan fingerprint density at radius 3 is 0.944 bits per heavy atom. The third kappa shape index (κ3) is 71.4. The largest absolute Gasteiger partial charge is 0.477 e. The molecule has 90 heavy (non-hydrogen) atoms. The molecule has 0 heterocycles. The van der Waals surface area contributed by atoms with Crippen LogP contribution in [0.1, 0.15) is 328 Å². The Morgan fingerprint density at radius 2 is 0.633 bits per heavy atom. The van der Waals surface area contributed by atoms with Gasteiger partial charge in [0.05, 0.1) is 34.4 Å². The minimum absolute atomic E-state index is 0.182. The van der Waals surface area contributed by atoms with E-state index in [1.807, 2.05) is 21.1 Å². The molecule has 9 heteroatoms. The molecule has 0 amide bonds. The Morgan fingerprint density at radius 1 is 0.344 bits per heavy atom. The van der Waals surface area contributed by atoms with E-state index >= 15 is 0 Å². The number of likely N-dealkylation sites (N-methyl/N-ethyl adjacent to an activating group) is 1. The SMILES string of the molecule is CC/C=C\C/C=C\C/C=C\C/C=C\C/C=C\C/C=C\C/C=C\C/C=C\C/C=C\CCCCCCCCCCCCCCCC(=O)OC(COC(=O)CCCCCCCCCCCCCCCCCCCCCCCCCC)COC(OCC[N+](C)(C)C)C(=O)O. The Kier molecular flexibility index (Phi) is 67.6. The number of rotatable bonds is 69. The smallest absolute Gasteiger partial charge is 0.361 e. The van der Waals surface area contributed by atoms with Gasteiger partial charge in [0, 0.05) is 12.8 Å². The third-order valence-corrected chi connectivity index (χ3v) is 16.3. The van der Waals surface area contributed by atoms with E-state index < -0.39 is 24.3 Å². The summed E-state index contributed by atoms with van der Waals surface area (Å²) in [5.74, 6) is -1.99. The number of ether oxygens (including phenoxy) is 4. The lowest BCUT2D eigenvalue weighted by molar-refractivity contribution is -0.870. The number of hydrogen-bond donors (Lipinski definition) is 1. The fourth-order valence-electron chi connectivity index (χ4n) is 10.6. The molecule has 0 saturated heterocycles. The average Bonchev–Trinajstić information content (AvgIpc) is 3.73. The van der Waals surface area contributed by atoms with Crippen molar-refractivity contribution in [2.24, 2.45) is 0 Å². The summed E-state index contributed by atoms with van der Waals surface area (Å²) in [6.07, 6.45) is 96.4. The van der Waals surface area contributed by atoms with Crippen molar-refractivity contribution < 1.29 is 42.9 Å². The monoisotopic (exact) mass is 1260 g/mol. The maximum Gasteiger partial charge on any atom is 0.361 e. The van der Waals surface area contributed by atoms with Gasteiger partial charge in [0.1, 0.15) is 13.2 Å². The number of carboxylic acids is 1. The van der Waals surface area contributed by atoms with Crippen LogP contribution in [0.5, 0.6) is 0 Å². The second-order valence-corrected chi connectivity index (χ2v) is 26.2. The molecule has 0 spiro atoms. The summed E-state index contributed by atoms with van der Waals surface area (Å²) in [6, 6.07) is 0. The molecule has 0 saturated carbocycles. The average molecular weight is 1260 g/mol. The van der Waals surface area contributed by atoms with Crippen molar-refractivity contribution in [1.82, 2.24) is 0 Å². The summed E-state index contributed by atoms with van der Waals surface area (Å²) >= 11 is 0. The fourth-order valence-corrected chi connectivity index (χ4v) is 10.6. The molecule has 0 aliphatic rings. The molecule has 9 nitrogen and oxygen atoms in total. The van der Waals surface area contributed by atoms with Gasteiger partial charge in [-0.15, -0.1) is 0 Å². The zero-order valence-electron chi connectivity index (χ0n) is 59.3. The second kappa shape index (κ2) is 70.8. The first kappa shape index (κ1) is 85.9. The van der Waals surface area contributed by atoms with Crippen molar-refractivity contribution in [3.05, 3.63) is 109 Å². The van der Waals surface area contributed by atoms with Gasteiger partial charge in [0.2, 0.25) is 0 Å². The van der Waals surface area contributed by atoms with Crippen molar-refractivity contribution in [1.29, 1.82) is 0 Å².